The Bertz CT molecular complexity index is 631. The molecule has 0 aliphatic carbocycles. The van der Waals surface area contributed by atoms with E-state index >= 15 is 0 Å². The van der Waals surface area contributed by atoms with Crippen LogP contribution in [0.4, 0.5) is 4.39 Å². The minimum Gasteiger partial charge on any atom is -0.389 e. The zero-order valence-electron chi connectivity index (χ0n) is 13.4. The van der Waals surface area contributed by atoms with E-state index in [4.69, 9.17) is 0 Å². The van der Waals surface area contributed by atoms with Crippen molar-refractivity contribution in [1.82, 2.24) is 4.90 Å². The average Bonchev–Trinajstić information content (AvgIpc) is 2.73. The second-order valence-electron chi connectivity index (χ2n) is 6.61. The SMILES string of the molecule is OC1(Cc2ccccc2F)CCCN(Cc2ccccc2)CC1. The fraction of sp³-hybridized carbons (Fsp3) is 0.400. The molecule has 3 rings (SSSR count). The molecule has 0 saturated carbocycles. The van der Waals surface area contributed by atoms with Crippen molar-refractivity contribution in [2.24, 2.45) is 0 Å². The molecule has 2 aromatic carbocycles. The van der Waals surface area contributed by atoms with Gasteiger partial charge in [0.05, 0.1) is 5.60 Å². The summed E-state index contributed by atoms with van der Waals surface area (Å²) in [5.41, 5.74) is 1.12. The lowest BCUT2D eigenvalue weighted by atomic mass is 9.87. The van der Waals surface area contributed by atoms with Crippen molar-refractivity contribution in [3.8, 4) is 0 Å². The van der Waals surface area contributed by atoms with Gasteiger partial charge < -0.3 is 5.11 Å². The Kier molecular flexibility index (Phi) is 5.09. The first-order chi connectivity index (χ1) is 11.1. The molecule has 0 amide bonds. The van der Waals surface area contributed by atoms with Gasteiger partial charge in [-0.25, -0.2) is 4.39 Å². The molecule has 0 aromatic heterocycles. The van der Waals surface area contributed by atoms with Gasteiger partial charge in [-0.1, -0.05) is 48.5 Å². The maximum absolute atomic E-state index is 13.9. The fourth-order valence-electron chi connectivity index (χ4n) is 3.41. The standard InChI is InChI=1S/C20H24FNO/c21-19-10-5-4-9-18(19)15-20(23)11-6-13-22(14-12-20)16-17-7-2-1-3-8-17/h1-5,7-10,23H,6,11-16H2. The summed E-state index contributed by atoms with van der Waals surface area (Å²) in [4.78, 5) is 2.38. The zero-order chi connectivity index (χ0) is 16.1. The Morgan fingerprint density at radius 3 is 2.48 bits per heavy atom. The van der Waals surface area contributed by atoms with Crippen molar-refractivity contribution in [2.45, 2.75) is 37.8 Å². The van der Waals surface area contributed by atoms with Crippen LogP contribution in [0.3, 0.4) is 0 Å². The minimum atomic E-state index is -0.798. The Hall–Kier alpha value is -1.71. The van der Waals surface area contributed by atoms with Gasteiger partial charge in [-0.05, 0) is 43.0 Å². The molecule has 2 aromatic rings. The molecule has 23 heavy (non-hydrogen) atoms. The average molecular weight is 313 g/mol. The van der Waals surface area contributed by atoms with E-state index in [0.717, 1.165) is 32.5 Å². The Labute approximate surface area is 137 Å². The molecule has 0 spiro atoms. The van der Waals surface area contributed by atoms with Gasteiger partial charge in [-0.3, -0.25) is 4.90 Å². The maximum Gasteiger partial charge on any atom is 0.126 e. The highest BCUT2D eigenvalue weighted by Crippen LogP contribution is 2.28. The summed E-state index contributed by atoms with van der Waals surface area (Å²) < 4.78 is 13.9. The summed E-state index contributed by atoms with van der Waals surface area (Å²) in [7, 11) is 0. The normalized spacial score (nSPS) is 22.7. The third kappa shape index (κ3) is 4.40. The Balaban J connectivity index is 1.62. The monoisotopic (exact) mass is 313 g/mol. The number of rotatable bonds is 4. The van der Waals surface area contributed by atoms with E-state index in [1.54, 1.807) is 12.1 Å². The summed E-state index contributed by atoms with van der Waals surface area (Å²) >= 11 is 0. The Morgan fingerprint density at radius 2 is 1.70 bits per heavy atom. The molecule has 0 radical (unpaired) electrons. The van der Waals surface area contributed by atoms with Crippen molar-refractivity contribution >= 4 is 0 Å². The smallest absolute Gasteiger partial charge is 0.126 e. The topological polar surface area (TPSA) is 23.5 Å². The van der Waals surface area contributed by atoms with Gasteiger partial charge in [-0.15, -0.1) is 0 Å². The van der Waals surface area contributed by atoms with Crippen LogP contribution in [0.5, 0.6) is 0 Å². The third-order valence-corrected chi connectivity index (χ3v) is 4.74. The summed E-state index contributed by atoms with van der Waals surface area (Å²) in [6.45, 7) is 2.74. The fourth-order valence-corrected chi connectivity index (χ4v) is 3.41. The molecule has 1 heterocycles. The molecule has 1 aliphatic rings. The lowest BCUT2D eigenvalue weighted by molar-refractivity contribution is 0.0247. The number of hydrogen-bond donors (Lipinski definition) is 1. The summed E-state index contributed by atoms with van der Waals surface area (Å²) in [5.74, 6) is -0.216. The van der Waals surface area contributed by atoms with Crippen molar-refractivity contribution < 1.29 is 9.50 Å². The Morgan fingerprint density at radius 1 is 0.957 bits per heavy atom. The van der Waals surface area contributed by atoms with Crippen LogP contribution in [0.1, 0.15) is 30.4 Å². The van der Waals surface area contributed by atoms with Crippen LogP contribution in [0.15, 0.2) is 54.6 Å². The van der Waals surface area contributed by atoms with Crippen molar-refractivity contribution in [2.75, 3.05) is 13.1 Å². The number of likely N-dealkylation sites (tertiary alicyclic amines) is 1. The van der Waals surface area contributed by atoms with E-state index in [1.807, 2.05) is 12.1 Å². The molecule has 2 nitrogen and oxygen atoms in total. The van der Waals surface area contributed by atoms with Crippen LogP contribution in [-0.2, 0) is 13.0 Å². The molecule has 3 heteroatoms. The van der Waals surface area contributed by atoms with Crippen molar-refractivity contribution in [3.63, 3.8) is 0 Å². The summed E-state index contributed by atoms with van der Waals surface area (Å²) in [6.07, 6.45) is 2.76. The molecular weight excluding hydrogens is 289 g/mol. The van der Waals surface area contributed by atoms with Crippen LogP contribution in [0, 0.1) is 5.82 Å². The zero-order valence-corrected chi connectivity index (χ0v) is 13.4. The van der Waals surface area contributed by atoms with Gasteiger partial charge in [-0.2, -0.15) is 0 Å². The predicted molar refractivity (Wildman–Crippen MR) is 90.6 cm³/mol. The number of benzene rings is 2. The van der Waals surface area contributed by atoms with E-state index in [2.05, 4.69) is 29.2 Å². The highest BCUT2D eigenvalue weighted by molar-refractivity contribution is 5.20. The molecule has 0 bridgehead atoms. The van der Waals surface area contributed by atoms with Gasteiger partial charge in [0, 0.05) is 19.5 Å². The first kappa shape index (κ1) is 16.2. The number of aliphatic hydroxyl groups is 1. The molecule has 1 atom stereocenters. The first-order valence-corrected chi connectivity index (χ1v) is 8.37. The molecule has 1 N–H and O–H groups in total. The summed E-state index contributed by atoms with van der Waals surface area (Å²) in [6, 6.07) is 17.2. The molecule has 1 fully saturated rings. The second-order valence-corrected chi connectivity index (χ2v) is 6.61. The van der Waals surface area contributed by atoms with Crippen LogP contribution < -0.4 is 0 Å². The molecule has 122 valence electrons. The molecule has 1 saturated heterocycles. The third-order valence-electron chi connectivity index (χ3n) is 4.74. The highest BCUT2D eigenvalue weighted by Gasteiger charge is 2.31. The summed E-state index contributed by atoms with van der Waals surface area (Å²) in [5, 5.41) is 10.9. The minimum absolute atomic E-state index is 0.216. The van der Waals surface area contributed by atoms with E-state index in [1.165, 1.54) is 11.6 Å². The molecule has 1 unspecified atom stereocenters. The lowest BCUT2D eigenvalue weighted by Crippen LogP contribution is -2.33. The molecule has 1 aliphatic heterocycles. The van der Waals surface area contributed by atoms with Crippen LogP contribution in [-0.4, -0.2) is 28.7 Å². The number of nitrogens with zero attached hydrogens (tertiary/aromatic N) is 1. The number of hydrogen-bond acceptors (Lipinski definition) is 2. The van der Waals surface area contributed by atoms with Gasteiger partial charge in [0.2, 0.25) is 0 Å². The predicted octanol–water partition coefficient (Wildman–Crippen LogP) is 3.79. The van der Waals surface area contributed by atoms with Gasteiger partial charge in [0.25, 0.3) is 0 Å². The second kappa shape index (κ2) is 7.24. The number of halogens is 1. The van der Waals surface area contributed by atoms with Gasteiger partial charge in [0.15, 0.2) is 0 Å². The van der Waals surface area contributed by atoms with Crippen molar-refractivity contribution in [1.29, 1.82) is 0 Å². The van der Waals surface area contributed by atoms with E-state index in [0.29, 0.717) is 18.4 Å². The van der Waals surface area contributed by atoms with E-state index < -0.39 is 5.60 Å². The lowest BCUT2D eigenvalue weighted by Gasteiger charge is -2.27. The van der Waals surface area contributed by atoms with Crippen LogP contribution in [0.25, 0.3) is 0 Å². The van der Waals surface area contributed by atoms with Gasteiger partial charge in [0.1, 0.15) is 5.82 Å². The maximum atomic E-state index is 13.9. The first-order valence-electron chi connectivity index (χ1n) is 8.37. The highest BCUT2D eigenvalue weighted by atomic mass is 19.1. The van der Waals surface area contributed by atoms with Crippen LogP contribution >= 0.6 is 0 Å². The van der Waals surface area contributed by atoms with Crippen LogP contribution in [0.2, 0.25) is 0 Å². The van der Waals surface area contributed by atoms with Crippen molar-refractivity contribution in [3.05, 3.63) is 71.5 Å². The van der Waals surface area contributed by atoms with E-state index in [-0.39, 0.29) is 5.82 Å². The quantitative estimate of drug-likeness (QED) is 0.928. The van der Waals surface area contributed by atoms with Gasteiger partial charge >= 0.3 is 0 Å². The largest absolute Gasteiger partial charge is 0.389 e. The van der Waals surface area contributed by atoms with E-state index in [9.17, 15) is 9.50 Å². The molecular formula is C20H24FNO.